The van der Waals surface area contributed by atoms with Crippen LogP contribution in [-0.4, -0.2) is 41.1 Å². The van der Waals surface area contributed by atoms with E-state index >= 15 is 0 Å². The van der Waals surface area contributed by atoms with Crippen LogP contribution < -0.4 is 5.73 Å². The minimum atomic E-state index is 0.314. The Morgan fingerprint density at radius 3 is 2.72 bits per heavy atom. The van der Waals surface area contributed by atoms with E-state index in [9.17, 15) is 0 Å². The Hall–Kier alpha value is -1.62. The molecule has 0 aliphatic heterocycles. The minimum Gasteiger partial charge on any atom is -0.409 e. The van der Waals surface area contributed by atoms with Gasteiger partial charge >= 0.3 is 0 Å². The summed E-state index contributed by atoms with van der Waals surface area (Å²) in [6.07, 6.45) is 7.37. The molecule has 5 heteroatoms. The summed E-state index contributed by atoms with van der Waals surface area (Å²) in [6, 6.07) is 4.10. The van der Waals surface area contributed by atoms with Gasteiger partial charge in [0, 0.05) is 25.4 Å². The van der Waals surface area contributed by atoms with Crippen LogP contribution in [-0.2, 0) is 6.42 Å². The van der Waals surface area contributed by atoms with Gasteiger partial charge in [0.25, 0.3) is 0 Å². The van der Waals surface area contributed by atoms with Crippen LogP contribution in [0.15, 0.2) is 29.7 Å². The molecule has 0 aliphatic rings. The summed E-state index contributed by atoms with van der Waals surface area (Å²) in [5, 5.41) is 11.4. The SMILES string of the molecule is CN(CCCCC(N)=NO)CCc1ccncc1. The van der Waals surface area contributed by atoms with Crippen molar-refractivity contribution in [3.63, 3.8) is 0 Å². The van der Waals surface area contributed by atoms with Crippen molar-refractivity contribution in [2.24, 2.45) is 10.9 Å². The highest BCUT2D eigenvalue weighted by molar-refractivity contribution is 5.79. The highest BCUT2D eigenvalue weighted by atomic mass is 16.4. The summed E-state index contributed by atoms with van der Waals surface area (Å²) in [7, 11) is 2.12. The molecule has 5 nitrogen and oxygen atoms in total. The fraction of sp³-hybridized carbons (Fsp3) is 0.538. The van der Waals surface area contributed by atoms with Crippen LogP contribution in [0.25, 0.3) is 0 Å². The molecule has 1 aromatic rings. The Morgan fingerprint density at radius 1 is 1.33 bits per heavy atom. The largest absolute Gasteiger partial charge is 0.409 e. The van der Waals surface area contributed by atoms with Crippen LogP contribution in [0, 0.1) is 0 Å². The number of hydrogen-bond acceptors (Lipinski definition) is 4. The molecule has 0 atom stereocenters. The lowest BCUT2D eigenvalue weighted by atomic mass is 10.2. The van der Waals surface area contributed by atoms with Gasteiger partial charge in [-0.2, -0.15) is 0 Å². The van der Waals surface area contributed by atoms with Crippen LogP contribution in [0.3, 0.4) is 0 Å². The zero-order valence-corrected chi connectivity index (χ0v) is 10.9. The molecule has 0 aliphatic carbocycles. The third-order valence-corrected chi connectivity index (χ3v) is 2.88. The number of likely N-dealkylation sites (N-methyl/N-ethyl adjacent to an activating group) is 1. The van der Waals surface area contributed by atoms with Crippen LogP contribution in [0.5, 0.6) is 0 Å². The van der Waals surface area contributed by atoms with Crippen LogP contribution in [0.4, 0.5) is 0 Å². The maximum Gasteiger partial charge on any atom is 0.139 e. The maximum atomic E-state index is 8.40. The zero-order chi connectivity index (χ0) is 13.2. The van der Waals surface area contributed by atoms with Crippen LogP contribution in [0.2, 0.25) is 0 Å². The number of rotatable bonds is 8. The first-order valence-corrected chi connectivity index (χ1v) is 6.26. The average molecular weight is 250 g/mol. The minimum absolute atomic E-state index is 0.314. The van der Waals surface area contributed by atoms with E-state index in [0.717, 1.165) is 32.4 Å². The lowest BCUT2D eigenvalue weighted by Crippen LogP contribution is -2.22. The van der Waals surface area contributed by atoms with Gasteiger partial charge in [0.2, 0.25) is 0 Å². The summed E-state index contributed by atoms with van der Waals surface area (Å²) in [5.74, 6) is 0.314. The Labute approximate surface area is 108 Å². The Kier molecular flexibility index (Phi) is 6.79. The van der Waals surface area contributed by atoms with Gasteiger partial charge in [-0.15, -0.1) is 0 Å². The maximum absolute atomic E-state index is 8.40. The quantitative estimate of drug-likeness (QED) is 0.241. The van der Waals surface area contributed by atoms with Crippen LogP contribution >= 0.6 is 0 Å². The predicted molar refractivity (Wildman–Crippen MR) is 72.7 cm³/mol. The van der Waals surface area contributed by atoms with Crippen molar-refractivity contribution in [2.45, 2.75) is 25.7 Å². The second kappa shape index (κ2) is 8.47. The summed E-state index contributed by atoms with van der Waals surface area (Å²) in [6.45, 7) is 2.07. The number of oxime groups is 1. The van der Waals surface area contributed by atoms with E-state index in [0.29, 0.717) is 12.3 Å². The lowest BCUT2D eigenvalue weighted by Gasteiger charge is -2.16. The van der Waals surface area contributed by atoms with E-state index in [2.05, 4.69) is 22.1 Å². The van der Waals surface area contributed by atoms with E-state index in [1.54, 1.807) is 0 Å². The molecule has 0 unspecified atom stereocenters. The van der Waals surface area contributed by atoms with E-state index in [-0.39, 0.29) is 0 Å². The number of aromatic nitrogens is 1. The molecule has 1 rings (SSSR count). The van der Waals surface area contributed by atoms with Gasteiger partial charge in [0.1, 0.15) is 5.84 Å². The smallest absolute Gasteiger partial charge is 0.139 e. The van der Waals surface area contributed by atoms with E-state index in [1.165, 1.54) is 5.56 Å². The van der Waals surface area contributed by atoms with E-state index in [1.807, 2.05) is 24.5 Å². The fourth-order valence-corrected chi connectivity index (χ4v) is 1.72. The predicted octanol–water partition coefficient (Wildman–Crippen LogP) is 1.47. The fourth-order valence-electron chi connectivity index (χ4n) is 1.72. The molecule has 18 heavy (non-hydrogen) atoms. The Balaban J connectivity index is 2.09. The Bertz CT molecular complexity index is 353. The summed E-state index contributed by atoms with van der Waals surface area (Å²) in [4.78, 5) is 6.30. The topological polar surface area (TPSA) is 74.7 Å². The number of unbranched alkanes of at least 4 members (excludes halogenated alkanes) is 1. The second-order valence-electron chi connectivity index (χ2n) is 4.46. The lowest BCUT2D eigenvalue weighted by molar-refractivity contribution is 0.314. The third-order valence-electron chi connectivity index (χ3n) is 2.88. The number of hydrogen-bond donors (Lipinski definition) is 2. The van der Waals surface area contributed by atoms with Gasteiger partial charge in [-0.3, -0.25) is 4.98 Å². The summed E-state index contributed by atoms with van der Waals surface area (Å²) >= 11 is 0. The van der Waals surface area contributed by atoms with Gasteiger partial charge in [0.15, 0.2) is 0 Å². The first kappa shape index (κ1) is 14.4. The molecule has 0 aromatic carbocycles. The molecule has 1 heterocycles. The highest BCUT2D eigenvalue weighted by Crippen LogP contribution is 2.01. The normalized spacial score (nSPS) is 12.0. The monoisotopic (exact) mass is 250 g/mol. The molecular formula is C13H22N4O. The van der Waals surface area contributed by atoms with Crippen LogP contribution in [0.1, 0.15) is 24.8 Å². The molecule has 0 bridgehead atoms. The van der Waals surface area contributed by atoms with Crippen molar-refractivity contribution in [1.82, 2.24) is 9.88 Å². The van der Waals surface area contributed by atoms with Crippen molar-refractivity contribution in [2.75, 3.05) is 20.1 Å². The number of pyridine rings is 1. The van der Waals surface area contributed by atoms with Crippen molar-refractivity contribution >= 4 is 5.84 Å². The zero-order valence-electron chi connectivity index (χ0n) is 10.9. The van der Waals surface area contributed by atoms with Crippen molar-refractivity contribution in [3.05, 3.63) is 30.1 Å². The summed E-state index contributed by atoms with van der Waals surface area (Å²) < 4.78 is 0. The average Bonchev–Trinajstić information content (AvgIpc) is 2.42. The molecule has 1 aromatic heterocycles. The first-order valence-electron chi connectivity index (χ1n) is 6.26. The molecule has 0 fully saturated rings. The molecule has 0 saturated heterocycles. The molecule has 0 spiro atoms. The number of nitrogens with two attached hydrogens (primary N) is 1. The molecule has 0 saturated carbocycles. The number of nitrogens with zero attached hydrogens (tertiary/aromatic N) is 3. The van der Waals surface area contributed by atoms with Gasteiger partial charge in [-0.25, -0.2) is 0 Å². The highest BCUT2D eigenvalue weighted by Gasteiger charge is 2.00. The number of amidine groups is 1. The van der Waals surface area contributed by atoms with Gasteiger partial charge in [0.05, 0.1) is 0 Å². The van der Waals surface area contributed by atoms with Crippen molar-refractivity contribution in [1.29, 1.82) is 0 Å². The second-order valence-corrected chi connectivity index (χ2v) is 4.46. The molecule has 3 N–H and O–H groups in total. The van der Waals surface area contributed by atoms with Gasteiger partial charge in [-0.1, -0.05) is 5.16 Å². The van der Waals surface area contributed by atoms with E-state index < -0.39 is 0 Å². The first-order chi connectivity index (χ1) is 8.72. The summed E-state index contributed by atoms with van der Waals surface area (Å²) in [5.41, 5.74) is 6.72. The van der Waals surface area contributed by atoms with E-state index in [4.69, 9.17) is 10.9 Å². The molecule has 0 radical (unpaired) electrons. The van der Waals surface area contributed by atoms with Gasteiger partial charge in [-0.05, 0) is 50.6 Å². The third kappa shape index (κ3) is 6.20. The molecule has 0 amide bonds. The van der Waals surface area contributed by atoms with Gasteiger partial charge < -0.3 is 15.8 Å². The Morgan fingerprint density at radius 2 is 2.06 bits per heavy atom. The van der Waals surface area contributed by atoms with Crippen molar-refractivity contribution < 1.29 is 5.21 Å². The standard InChI is InChI=1S/C13H22N4O/c1-17(10-3-2-4-13(14)16-18)11-7-12-5-8-15-9-6-12/h5-6,8-9,18H,2-4,7,10-11H2,1H3,(H2,14,16). The molecule has 100 valence electrons. The van der Waals surface area contributed by atoms with Crippen molar-refractivity contribution in [3.8, 4) is 0 Å². The molecular weight excluding hydrogens is 228 g/mol.